The van der Waals surface area contributed by atoms with Gasteiger partial charge in [-0.2, -0.15) is 17.6 Å². The van der Waals surface area contributed by atoms with E-state index in [2.05, 4.69) is 20.3 Å². The van der Waals surface area contributed by atoms with Crippen molar-refractivity contribution in [1.29, 1.82) is 0 Å². The predicted octanol–water partition coefficient (Wildman–Crippen LogP) is 4.35. The van der Waals surface area contributed by atoms with E-state index in [-0.39, 0.29) is 4.47 Å². The molecule has 0 aliphatic rings. The molecular weight excluding hydrogens is 343 g/mol. The first kappa shape index (κ1) is 16.4. The molecule has 1 unspecified atom stereocenters. The summed E-state index contributed by atoms with van der Waals surface area (Å²) >= 11 is 3.05. The molecule has 1 aromatic rings. The summed E-state index contributed by atoms with van der Waals surface area (Å²) in [6, 6.07) is 3.23. The smallest absolute Gasteiger partial charge is 0.234 e. The second-order valence-electron chi connectivity index (χ2n) is 4.83. The monoisotopic (exact) mass is 355 g/mol. The molecule has 7 heteroatoms. The maximum absolute atomic E-state index is 12.5. The highest BCUT2D eigenvalue weighted by atomic mass is 79.9. The first-order valence-electron chi connectivity index (χ1n) is 5.34. The van der Waals surface area contributed by atoms with E-state index in [0.717, 1.165) is 12.1 Å². The van der Waals surface area contributed by atoms with Crippen molar-refractivity contribution >= 4 is 33.1 Å². The molecule has 2 nitrogen and oxygen atoms in total. The lowest BCUT2D eigenvalue weighted by Crippen LogP contribution is -2.19. The molecule has 0 bridgehead atoms. The Morgan fingerprint density at radius 1 is 1.26 bits per heavy atom. The molecule has 1 rings (SSSR count). The average Bonchev–Trinajstić information content (AvgIpc) is 2.24. The summed E-state index contributed by atoms with van der Waals surface area (Å²) in [4.78, 5) is 0. The van der Waals surface area contributed by atoms with E-state index < -0.39 is 27.5 Å². The molecule has 0 radical (unpaired) electrons. The SMILES string of the molecule is CC(C)(C)S(=O)N=Cc1ccc(C(F)(F)F)cc1Br. The third-order valence-corrected chi connectivity index (χ3v) is 4.17. The number of benzene rings is 1. The van der Waals surface area contributed by atoms with E-state index >= 15 is 0 Å². The van der Waals surface area contributed by atoms with Gasteiger partial charge in [0.1, 0.15) is 11.0 Å². The average molecular weight is 356 g/mol. The molecule has 0 N–H and O–H groups in total. The van der Waals surface area contributed by atoms with Crippen molar-refractivity contribution < 1.29 is 17.4 Å². The maximum atomic E-state index is 12.5. The van der Waals surface area contributed by atoms with Gasteiger partial charge in [0, 0.05) is 16.3 Å². The predicted molar refractivity (Wildman–Crippen MR) is 74.6 cm³/mol. The van der Waals surface area contributed by atoms with Crippen LogP contribution in [-0.4, -0.2) is 15.2 Å². The normalized spacial score (nSPS) is 14.9. The Kier molecular flexibility index (Phi) is 4.95. The van der Waals surface area contributed by atoms with Gasteiger partial charge >= 0.3 is 6.18 Å². The topological polar surface area (TPSA) is 29.4 Å². The number of halogens is 4. The number of hydrogen-bond donors (Lipinski definition) is 0. The van der Waals surface area contributed by atoms with Crippen molar-refractivity contribution in [2.24, 2.45) is 4.40 Å². The third-order valence-electron chi connectivity index (χ3n) is 2.14. The first-order chi connectivity index (χ1) is 8.51. The molecule has 0 saturated carbocycles. The van der Waals surface area contributed by atoms with Crippen LogP contribution in [0.25, 0.3) is 0 Å². The van der Waals surface area contributed by atoms with E-state index in [1.165, 1.54) is 12.3 Å². The molecule has 0 spiro atoms. The van der Waals surface area contributed by atoms with Gasteiger partial charge < -0.3 is 0 Å². The van der Waals surface area contributed by atoms with Crippen molar-refractivity contribution in [3.63, 3.8) is 0 Å². The molecule has 0 aromatic heterocycles. The standard InChI is InChI=1S/C12H13BrF3NOS/c1-11(2,3)19(18)17-7-8-4-5-9(6-10(8)13)12(14,15)16/h4-7H,1-3H3. The zero-order valence-corrected chi connectivity index (χ0v) is 13.0. The zero-order valence-electron chi connectivity index (χ0n) is 10.6. The van der Waals surface area contributed by atoms with Crippen LogP contribution in [0.15, 0.2) is 27.1 Å². The van der Waals surface area contributed by atoms with Crippen LogP contribution in [0.2, 0.25) is 0 Å². The summed E-state index contributed by atoms with van der Waals surface area (Å²) in [5.74, 6) is 0. The summed E-state index contributed by atoms with van der Waals surface area (Å²) in [5, 5.41) is 0. The summed E-state index contributed by atoms with van der Waals surface area (Å²) in [6.45, 7) is 5.30. The molecule has 0 saturated heterocycles. The van der Waals surface area contributed by atoms with Crippen LogP contribution in [-0.2, 0) is 17.2 Å². The van der Waals surface area contributed by atoms with Crippen LogP contribution in [0.1, 0.15) is 31.9 Å². The van der Waals surface area contributed by atoms with E-state index in [1.807, 2.05) is 0 Å². The summed E-state index contributed by atoms with van der Waals surface area (Å²) in [6.07, 6.45) is -3.07. The van der Waals surface area contributed by atoms with E-state index in [1.54, 1.807) is 20.8 Å². The fraction of sp³-hybridized carbons (Fsp3) is 0.417. The minimum absolute atomic E-state index is 0.261. The molecule has 1 aromatic carbocycles. The molecule has 0 aliphatic heterocycles. The second-order valence-corrected chi connectivity index (χ2v) is 7.62. The van der Waals surface area contributed by atoms with E-state index in [9.17, 15) is 17.4 Å². The van der Waals surface area contributed by atoms with E-state index in [4.69, 9.17) is 0 Å². The Morgan fingerprint density at radius 3 is 2.26 bits per heavy atom. The molecular formula is C12H13BrF3NOS. The Labute approximate surface area is 120 Å². The van der Waals surface area contributed by atoms with Crippen molar-refractivity contribution in [3.05, 3.63) is 33.8 Å². The lowest BCUT2D eigenvalue weighted by atomic mass is 10.1. The number of hydrogen-bond acceptors (Lipinski definition) is 1. The first-order valence-corrected chi connectivity index (χ1v) is 7.24. The second kappa shape index (κ2) is 5.75. The van der Waals surface area contributed by atoms with Gasteiger partial charge in [0.15, 0.2) is 0 Å². The van der Waals surface area contributed by atoms with Crippen molar-refractivity contribution in [2.45, 2.75) is 31.7 Å². The Hall–Kier alpha value is -0.690. The highest BCUT2D eigenvalue weighted by Crippen LogP contribution is 2.31. The van der Waals surface area contributed by atoms with Crippen LogP contribution in [0, 0.1) is 0 Å². The molecule has 106 valence electrons. The molecule has 0 aliphatic carbocycles. The maximum Gasteiger partial charge on any atom is 0.416 e. The summed E-state index contributed by atoms with van der Waals surface area (Å²) < 4.78 is 52.7. The molecule has 0 amide bonds. The van der Waals surface area contributed by atoms with Crippen molar-refractivity contribution in [1.82, 2.24) is 0 Å². The Bertz CT molecular complexity index is 521. The third kappa shape index (κ3) is 4.72. The lowest BCUT2D eigenvalue weighted by molar-refractivity contribution is -0.137. The Balaban J connectivity index is 2.99. The van der Waals surface area contributed by atoms with Gasteiger partial charge in [-0.1, -0.05) is 22.0 Å². The minimum atomic E-state index is -4.38. The van der Waals surface area contributed by atoms with Crippen LogP contribution < -0.4 is 0 Å². The number of nitrogens with zero attached hydrogens (tertiary/aromatic N) is 1. The molecule has 0 fully saturated rings. The van der Waals surface area contributed by atoms with Gasteiger partial charge in [-0.25, -0.2) is 4.21 Å². The van der Waals surface area contributed by atoms with Gasteiger partial charge in [0.05, 0.1) is 10.3 Å². The van der Waals surface area contributed by atoms with Gasteiger partial charge in [-0.3, -0.25) is 0 Å². The summed E-state index contributed by atoms with van der Waals surface area (Å²) in [7, 11) is -1.44. The van der Waals surface area contributed by atoms with Gasteiger partial charge in [-0.05, 0) is 32.9 Å². The Morgan fingerprint density at radius 2 is 1.84 bits per heavy atom. The molecule has 1 atom stereocenters. The number of rotatable bonds is 2. The number of alkyl halides is 3. The zero-order chi connectivity index (χ0) is 14.8. The summed E-state index contributed by atoms with van der Waals surface area (Å²) in [5.41, 5.74) is -0.293. The van der Waals surface area contributed by atoms with Gasteiger partial charge in [-0.15, -0.1) is 0 Å². The van der Waals surface area contributed by atoms with Gasteiger partial charge in [0.2, 0.25) is 0 Å². The van der Waals surface area contributed by atoms with Crippen LogP contribution in [0.4, 0.5) is 13.2 Å². The molecule has 19 heavy (non-hydrogen) atoms. The van der Waals surface area contributed by atoms with Crippen LogP contribution in [0.5, 0.6) is 0 Å². The van der Waals surface area contributed by atoms with Gasteiger partial charge in [0.25, 0.3) is 0 Å². The lowest BCUT2D eigenvalue weighted by Gasteiger charge is -2.13. The quantitative estimate of drug-likeness (QED) is 0.725. The largest absolute Gasteiger partial charge is 0.416 e. The highest BCUT2D eigenvalue weighted by molar-refractivity contribution is 9.10. The van der Waals surface area contributed by atoms with Crippen molar-refractivity contribution in [3.8, 4) is 0 Å². The fourth-order valence-corrected chi connectivity index (χ4v) is 2.08. The highest BCUT2D eigenvalue weighted by Gasteiger charge is 2.30. The minimum Gasteiger partial charge on any atom is -0.234 e. The fourth-order valence-electron chi connectivity index (χ4n) is 1.07. The van der Waals surface area contributed by atoms with Crippen LogP contribution in [0.3, 0.4) is 0 Å². The van der Waals surface area contributed by atoms with Crippen LogP contribution >= 0.6 is 15.9 Å². The van der Waals surface area contributed by atoms with Crippen molar-refractivity contribution in [2.75, 3.05) is 0 Å². The van der Waals surface area contributed by atoms with E-state index in [0.29, 0.717) is 5.56 Å². The molecule has 0 heterocycles.